The Balaban J connectivity index is 2.47. The van der Waals surface area contributed by atoms with E-state index in [0.29, 0.717) is 5.56 Å². The number of ether oxygens (including phenoxy) is 1. The summed E-state index contributed by atoms with van der Waals surface area (Å²) in [5.41, 5.74) is 0.348. The molecule has 0 bridgehead atoms. The van der Waals surface area contributed by atoms with E-state index in [1.54, 1.807) is 0 Å². The lowest BCUT2D eigenvalue weighted by Crippen LogP contribution is -2.15. The van der Waals surface area contributed by atoms with Crippen molar-refractivity contribution in [3.63, 3.8) is 0 Å². The number of aromatic hydroxyl groups is 2. The van der Waals surface area contributed by atoms with Crippen LogP contribution in [-0.4, -0.2) is 27.7 Å². The molecule has 84 valence electrons. The van der Waals surface area contributed by atoms with E-state index in [1.165, 1.54) is 18.2 Å². The highest BCUT2D eigenvalue weighted by molar-refractivity contribution is 6.00. The van der Waals surface area contributed by atoms with Crippen LogP contribution in [0, 0.1) is 0 Å². The molecular formula is C11H10O5. The van der Waals surface area contributed by atoms with E-state index in [1.807, 2.05) is 0 Å². The summed E-state index contributed by atoms with van der Waals surface area (Å²) in [4.78, 5) is 11.2. The van der Waals surface area contributed by atoms with Gasteiger partial charge in [-0.3, -0.25) is 4.79 Å². The average molecular weight is 222 g/mol. The molecule has 0 saturated heterocycles. The first kappa shape index (κ1) is 10.4. The first-order chi connectivity index (χ1) is 7.59. The molecule has 2 rings (SSSR count). The van der Waals surface area contributed by atoms with Crippen LogP contribution >= 0.6 is 0 Å². The number of Topliss-reactive ketones (excluding diaryl/α,β-unsaturated/α-hetero) is 1. The van der Waals surface area contributed by atoms with E-state index < -0.39 is 11.5 Å². The smallest absolute Gasteiger partial charge is 0.204 e. The summed E-state index contributed by atoms with van der Waals surface area (Å²) in [5.74, 6) is -1.41. The summed E-state index contributed by atoms with van der Waals surface area (Å²) in [6.07, 6.45) is 0.138. The van der Waals surface area contributed by atoms with Crippen LogP contribution < -0.4 is 0 Å². The number of hydrogen-bond acceptors (Lipinski definition) is 5. The first-order valence-corrected chi connectivity index (χ1v) is 4.71. The van der Waals surface area contributed by atoms with Crippen LogP contribution in [0.25, 0.3) is 5.76 Å². The Morgan fingerprint density at radius 2 is 1.88 bits per heavy atom. The second-order valence-electron chi connectivity index (χ2n) is 3.40. The number of ketones is 1. The fourth-order valence-corrected chi connectivity index (χ4v) is 1.44. The summed E-state index contributed by atoms with van der Waals surface area (Å²) in [6.45, 7) is 0.194. The quantitative estimate of drug-likeness (QED) is 0.623. The van der Waals surface area contributed by atoms with Crippen molar-refractivity contribution in [2.45, 2.75) is 6.42 Å². The number of aliphatic hydroxyl groups excluding tert-OH is 1. The highest BCUT2D eigenvalue weighted by Gasteiger charge is 2.23. The van der Waals surface area contributed by atoms with E-state index in [4.69, 9.17) is 9.84 Å². The van der Waals surface area contributed by atoms with Gasteiger partial charge in [-0.15, -0.1) is 0 Å². The molecule has 0 atom stereocenters. The van der Waals surface area contributed by atoms with Gasteiger partial charge in [-0.2, -0.15) is 0 Å². The van der Waals surface area contributed by atoms with Crippen molar-refractivity contribution in [2.24, 2.45) is 0 Å². The second kappa shape index (κ2) is 3.77. The third kappa shape index (κ3) is 1.67. The Bertz CT molecular complexity index is 475. The zero-order valence-electron chi connectivity index (χ0n) is 8.30. The molecule has 0 unspecified atom stereocenters. The van der Waals surface area contributed by atoms with E-state index >= 15 is 0 Å². The van der Waals surface area contributed by atoms with Gasteiger partial charge in [-0.1, -0.05) is 0 Å². The Kier molecular flexibility index (Phi) is 2.44. The van der Waals surface area contributed by atoms with Gasteiger partial charge in [0.25, 0.3) is 0 Å². The predicted molar refractivity (Wildman–Crippen MR) is 54.9 cm³/mol. The molecule has 0 fully saturated rings. The van der Waals surface area contributed by atoms with E-state index in [0.717, 1.165) is 0 Å². The minimum atomic E-state index is -0.448. The van der Waals surface area contributed by atoms with Gasteiger partial charge < -0.3 is 20.1 Å². The van der Waals surface area contributed by atoms with Crippen molar-refractivity contribution < 1.29 is 24.9 Å². The zero-order valence-corrected chi connectivity index (χ0v) is 8.30. The van der Waals surface area contributed by atoms with Crippen LogP contribution in [0.5, 0.6) is 11.5 Å². The third-order valence-electron chi connectivity index (χ3n) is 2.29. The van der Waals surface area contributed by atoms with Gasteiger partial charge >= 0.3 is 0 Å². The van der Waals surface area contributed by atoms with Crippen LogP contribution in [0.15, 0.2) is 24.0 Å². The van der Waals surface area contributed by atoms with Gasteiger partial charge in [0, 0.05) is 12.0 Å². The SMILES string of the molecule is O=C1CCOC(c2ccc(O)c(O)c2)=C1O. The van der Waals surface area contributed by atoms with Crippen molar-refractivity contribution >= 4 is 11.5 Å². The fourth-order valence-electron chi connectivity index (χ4n) is 1.44. The van der Waals surface area contributed by atoms with Gasteiger partial charge in [0.05, 0.1) is 6.61 Å². The lowest BCUT2D eigenvalue weighted by atomic mass is 10.1. The average Bonchev–Trinajstić information content (AvgIpc) is 2.26. The standard InChI is InChI=1S/C11H10O5/c12-7-2-1-6(5-9(7)14)11-10(15)8(13)3-4-16-11/h1-2,5,12,14-15H,3-4H2. The Hall–Kier alpha value is -2.17. The largest absolute Gasteiger partial charge is 0.504 e. The Morgan fingerprint density at radius 3 is 2.56 bits per heavy atom. The van der Waals surface area contributed by atoms with Crippen molar-refractivity contribution in [1.29, 1.82) is 0 Å². The zero-order chi connectivity index (χ0) is 11.7. The van der Waals surface area contributed by atoms with E-state index in [-0.39, 0.29) is 30.3 Å². The summed E-state index contributed by atoms with van der Waals surface area (Å²) in [6, 6.07) is 3.92. The number of hydrogen-bond donors (Lipinski definition) is 3. The number of benzene rings is 1. The first-order valence-electron chi connectivity index (χ1n) is 4.71. The predicted octanol–water partition coefficient (Wildman–Crippen LogP) is 1.31. The molecule has 3 N–H and O–H groups in total. The molecule has 1 aromatic rings. The maximum Gasteiger partial charge on any atom is 0.204 e. The highest BCUT2D eigenvalue weighted by atomic mass is 16.5. The number of allylic oxidation sites excluding steroid dienone is 1. The molecular weight excluding hydrogens is 212 g/mol. The highest BCUT2D eigenvalue weighted by Crippen LogP contribution is 2.31. The Labute approximate surface area is 91.2 Å². The Morgan fingerprint density at radius 1 is 1.12 bits per heavy atom. The molecule has 0 spiro atoms. The molecule has 0 saturated carbocycles. The van der Waals surface area contributed by atoms with E-state index in [9.17, 15) is 15.0 Å². The van der Waals surface area contributed by atoms with Crippen LogP contribution in [0.2, 0.25) is 0 Å². The second-order valence-corrected chi connectivity index (χ2v) is 3.40. The van der Waals surface area contributed by atoms with Crippen molar-refractivity contribution in [1.82, 2.24) is 0 Å². The van der Waals surface area contributed by atoms with Gasteiger partial charge in [-0.05, 0) is 18.2 Å². The lowest BCUT2D eigenvalue weighted by Gasteiger charge is -2.17. The molecule has 0 aromatic heterocycles. The maximum atomic E-state index is 11.2. The topological polar surface area (TPSA) is 87.0 Å². The van der Waals surface area contributed by atoms with Crippen LogP contribution in [0.3, 0.4) is 0 Å². The molecule has 1 aliphatic rings. The molecule has 5 nitrogen and oxygen atoms in total. The van der Waals surface area contributed by atoms with Gasteiger partial charge in [0.1, 0.15) is 0 Å². The molecule has 0 radical (unpaired) electrons. The minimum absolute atomic E-state index is 0.0338. The summed E-state index contributed by atoms with van der Waals surface area (Å²) < 4.78 is 5.16. The molecule has 1 aliphatic heterocycles. The van der Waals surface area contributed by atoms with Crippen molar-refractivity contribution in [3.05, 3.63) is 29.5 Å². The van der Waals surface area contributed by atoms with Crippen LogP contribution in [0.4, 0.5) is 0 Å². The molecule has 0 amide bonds. The number of aliphatic hydroxyl groups is 1. The molecule has 5 heteroatoms. The van der Waals surface area contributed by atoms with E-state index in [2.05, 4.69) is 0 Å². The molecule has 1 heterocycles. The van der Waals surface area contributed by atoms with Crippen LogP contribution in [-0.2, 0) is 9.53 Å². The number of phenolic OH excluding ortho intramolecular Hbond substituents is 2. The van der Waals surface area contributed by atoms with Crippen molar-refractivity contribution in [3.8, 4) is 11.5 Å². The normalized spacial score (nSPS) is 16.1. The number of rotatable bonds is 1. The molecule has 1 aromatic carbocycles. The summed E-state index contributed by atoms with van der Waals surface area (Å²) in [7, 11) is 0. The monoisotopic (exact) mass is 222 g/mol. The van der Waals surface area contributed by atoms with Gasteiger partial charge in [0.2, 0.25) is 11.5 Å². The molecule has 16 heavy (non-hydrogen) atoms. The minimum Gasteiger partial charge on any atom is -0.504 e. The fraction of sp³-hybridized carbons (Fsp3) is 0.182. The summed E-state index contributed by atoms with van der Waals surface area (Å²) >= 11 is 0. The number of carbonyl (C=O) groups is 1. The van der Waals surface area contributed by atoms with Crippen molar-refractivity contribution in [2.75, 3.05) is 6.61 Å². The third-order valence-corrected chi connectivity index (χ3v) is 2.29. The summed E-state index contributed by atoms with van der Waals surface area (Å²) in [5, 5.41) is 27.9. The van der Waals surface area contributed by atoms with Gasteiger partial charge in [0.15, 0.2) is 17.3 Å². The maximum absolute atomic E-state index is 11.2. The number of carbonyl (C=O) groups excluding carboxylic acids is 1. The molecule has 0 aliphatic carbocycles. The van der Waals surface area contributed by atoms with Crippen LogP contribution in [0.1, 0.15) is 12.0 Å². The lowest BCUT2D eigenvalue weighted by molar-refractivity contribution is -0.119. The van der Waals surface area contributed by atoms with Gasteiger partial charge in [-0.25, -0.2) is 0 Å². The number of phenols is 2.